The summed E-state index contributed by atoms with van der Waals surface area (Å²) in [5.41, 5.74) is -0.951. The quantitative estimate of drug-likeness (QED) is 0.819. The summed E-state index contributed by atoms with van der Waals surface area (Å²) in [5, 5.41) is 5.61. The van der Waals surface area contributed by atoms with Crippen LogP contribution in [-0.2, 0) is 12.7 Å². The summed E-state index contributed by atoms with van der Waals surface area (Å²) in [6, 6.07) is 5.16. The minimum atomic E-state index is -4.58. The number of nitrogens with zero attached hydrogens (tertiary/aromatic N) is 3. The molecule has 1 aromatic carbocycles. The molecule has 0 unspecified atom stereocenters. The summed E-state index contributed by atoms with van der Waals surface area (Å²) in [7, 11) is 0. The number of hydrogen-bond donors (Lipinski definition) is 1. The molecule has 0 bridgehead atoms. The number of benzene rings is 1. The second-order valence-electron chi connectivity index (χ2n) is 5.93. The Morgan fingerprint density at radius 3 is 2.50 bits per heavy atom. The van der Waals surface area contributed by atoms with Crippen molar-refractivity contribution >= 4 is 17.5 Å². The van der Waals surface area contributed by atoms with Gasteiger partial charge in [0.25, 0.3) is 5.91 Å². The molecule has 2 heterocycles. The van der Waals surface area contributed by atoms with E-state index in [-0.39, 0.29) is 5.69 Å². The van der Waals surface area contributed by atoms with Crippen molar-refractivity contribution in [2.75, 3.05) is 26.2 Å². The molecule has 1 N–H and O–H groups in total. The number of hydrogen-bond acceptors (Lipinski definition) is 3. The van der Waals surface area contributed by atoms with Crippen molar-refractivity contribution in [2.45, 2.75) is 12.7 Å². The van der Waals surface area contributed by atoms with Crippen LogP contribution in [0.5, 0.6) is 0 Å². The fourth-order valence-electron chi connectivity index (χ4n) is 2.75. The van der Waals surface area contributed by atoms with Gasteiger partial charge in [-0.1, -0.05) is 17.7 Å². The van der Waals surface area contributed by atoms with Crippen LogP contribution in [0.1, 0.15) is 21.7 Å². The fraction of sp³-hybridized carbons (Fsp3) is 0.375. The Morgan fingerprint density at radius 2 is 1.92 bits per heavy atom. The van der Waals surface area contributed by atoms with Crippen LogP contribution in [0.3, 0.4) is 0 Å². The zero-order chi connectivity index (χ0) is 18.9. The van der Waals surface area contributed by atoms with Gasteiger partial charge in [0.15, 0.2) is 5.69 Å². The van der Waals surface area contributed by atoms with Crippen molar-refractivity contribution in [3.63, 3.8) is 0 Å². The number of amides is 1. The molecule has 1 fully saturated rings. The maximum Gasteiger partial charge on any atom is 0.432 e. The normalized spacial score (nSPS) is 16.1. The number of nitrogens with one attached hydrogen (secondary N) is 1. The monoisotopic (exact) mass is 390 g/mol. The maximum absolute atomic E-state index is 13.9. The van der Waals surface area contributed by atoms with Gasteiger partial charge < -0.3 is 4.90 Å². The van der Waals surface area contributed by atoms with Crippen LogP contribution in [0.25, 0.3) is 0 Å². The molecule has 10 heteroatoms. The lowest BCUT2D eigenvalue weighted by atomic mass is 10.1. The number of aromatic amines is 1. The van der Waals surface area contributed by atoms with Crippen molar-refractivity contribution < 1.29 is 22.4 Å². The highest BCUT2D eigenvalue weighted by molar-refractivity contribution is 6.31. The van der Waals surface area contributed by atoms with Gasteiger partial charge in [0, 0.05) is 49.4 Å². The minimum Gasteiger partial charge on any atom is -0.335 e. The average molecular weight is 391 g/mol. The minimum absolute atomic E-state index is 0.275. The van der Waals surface area contributed by atoms with E-state index in [4.69, 9.17) is 11.6 Å². The van der Waals surface area contributed by atoms with Gasteiger partial charge in [-0.3, -0.25) is 14.8 Å². The number of carbonyl (C=O) groups is 1. The topological polar surface area (TPSA) is 52.2 Å². The Labute approximate surface area is 151 Å². The molecule has 0 saturated carbocycles. The molecule has 0 atom stereocenters. The van der Waals surface area contributed by atoms with Crippen molar-refractivity contribution in [1.29, 1.82) is 0 Å². The van der Waals surface area contributed by atoms with E-state index in [1.807, 2.05) is 10.00 Å². The predicted octanol–water partition coefficient (Wildman–Crippen LogP) is 3.18. The summed E-state index contributed by atoms with van der Waals surface area (Å²) in [6.07, 6.45) is -4.58. The van der Waals surface area contributed by atoms with Gasteiger partial charge >= 0.3 is 6.18 Å². The summed E-state index contributed by atoms with van der Waals surface area (Å²) in [6.45, 7) is 1.81. The molecule has 1 aromatic heterocycles. The van der Waals surface area contributed by atoms with Gasteiger partial charge in [0.2, 0.25) is 0 Å². The Kier molecular flexibility index (Phi) is 5.19. The number of piperazine rings is 1. The third kappa shape index (κ3) is 3.99. The molecule has 1 saturated heterocycles. The standard InChI is InChI=1S/C16H15ClF4N4O/c17-11-2-1-3-12(18)10(11)9-24-4-6-25(7-5-24)15(26)13-8-14(23-22-13)16(19,20)21/h1-3,8H,4-7,9H2,(H,22,23). The van der Waals surface area contributed by atoms with Gasteiger partial charge in [-0.15, -0.1) is 0 Å². The van der Waals surface area contributed by atoms with Crippen LogP contribution in [0, 0.1) is 5.82 Å². The van der Waals surface area contributed by atoms with Crippen LogP contribution < -0.4 is 0 Å². The number of H-pyrrole nitrogens is 1. The highest BCUT2D eigenvalue weighted by Crippen LogP contribution is 2.28. The first-order valence-electron chi connectivity index (χ1n) is 7.83. The second kappa shape index (κ2) is 7.24. The van der Waals surface area contributed by atoms with Crippen LogP contribution in [0.15, 0.2) is 24.3 Å². The summed E-state index contributed by atoms with van der Waals surface area (Å²) >= 11 is 6.01. The zero-order valence-corrected chi connectivity index (χ0v) is 14.2. The van der Waals surface area contributed by atoms with Gasteiger partial charge in [-0.25, -0.2) is 4.39 Å². The van der Waals surface area contributed by atoms with Crippen LogP contribution in [0.2, 0.25) is 5.02 Å². The molecular formula is C16H15ClF4N4O. The van der Waals surface area contributed by atoms with E-state index in [2.05, 4.69) is 5.10 Å². The lowest BCUT2D eigenvalue weighted by Crippen LogP contribution is -2.48. The van der Waals surface area contributed by atoms with E-state index in [1.54, 1.807) is 6.07 Å². The van der Waals surface area contributed by atoms with E-state index in [0.717, 1.165) is 0 Å². The number of aromatic nitrogens is 2. The van der Waals surface area contributed by atoms with Gasteiger partial charge in [0.05, 0.1) is 0 Å². The van der Waals surface area contributed by atoms with E-state index in [0.29, 0.717) is 49.4 Å². The predicted molar refractivity (Wildman–Crippen MR) is 86.2 cm³/mol. The summed E-state index contributed by atoms with van der Waals surface area (Å²) in [5.74, 6) is -0.965. The molecule has 2 aromatic rings. The molecule has 0 spiro atoms. The molecule has 5 nitrogen and oxygen atoms in total. The Morgan fingerprint density at radius 1 is 1.23 bits per heavy atom. The number of rotatable bonds is 3. The third-order valence-corrected chi connectivity index (χ3v) is 4.56. The largest absolute Gasteiger partial charge is 0.432 e. The molecular weight excluding hydrogens is 376 g/mol. The lowest BCUT2D eigenvalue weighted by Gasteiger charge is -2.34. The molecule has 1 amide bonds. The molecule has 3 rings (SSSR count). The van der Waals surface area contributed by atoms with Crippen molar-refractivity contribution in [1.82, 2.24) is 20.0 Å². The lowest BCUT2D eigenvalue weighted by molar-refractivity contribution is -0.141. The Hall–Kier alpha value is -2.13. The van der Waals surface area contributed by atoms with Crippen LogP contribution in [-0.4, -0.2) is 52.1 Å². The SMILES string of the molecule is O=C(c1cc(C(F)(F)F)[nH]n1)N1CCN(Cc2c(F)cccc2Cl)CC1. The Balaban J connectivity index is 1.60. The van der Waals surface area contributed by atoms with E-state index in [9.17, 15) is 22.4 Å². The summed E-state index contributed by atoms with van der Waals surface area (Å²) < 4.78 is 51.6. The van der Waals surface area contributed by atoms with E-state index < -0.39 is 23.6 Å². The van der Waals surface area contributed by atoms with E-state index >= 15 is 0 Å². The molecule has 26 heavy (non-hydrogen) atoms. The maximum atomic E-state index is 13.9. The van der Waals surface area contributed by atoms with Gasteiger partial charge in [0.1, 0.15) is 11.5 Å². The zero-order valence-electron chi connectivity index (χ0n) is 13.5. The summed E-state index contributed by atoms with van der Waals surface area (Å²) in [4.78, 5) is 15.6. The highest BCUT2D eigenvalue weighted by atomic mass is 35.5. The number of alkyl halides is 3. The van der Waals surface area contributed by atoms with Gasteiger partial charge in [-0.2, -0.15) is 18.3 Å². The highest BCUT2D eigenvalue weighted by Gasteiger charge is 2.34. The molecule has 1 aliphatic rings. The van der Waals surface area contributed by atoms with Crippen LogP contribution >= 0.6 is 11.6 Å². The van der Waals surface area contributed by atoms with Crippen molar-refractivity contribution in [3.05, 3.63) is 52.1 Å². The second-order valence-corrected chi connectivity index (χ2v) is 6.34. The number of halogens is 5. The smallest absolute Gasteiger partial charge is 0.335 e. The molecule has 140 valence electrons. The first kappa shape index (κ1) is 18.7. The van der Waals surface area contributed by atoms with Gasteiger partial charge in [-0.05, 0) is 12.1 Å². The van der Waals surface area contributed by atoms with E-state index in [1.165, 1.54) is 17.0 Å². The molecule has 1 aliphatic heterocycles. The average Bonchev–Trinajstić information content (AvgIpc) is 3.09. The first-order chi connectivity index (χ1) is 12.3. The third-order valence-electron chi connectivity index (χ3n) is 4.21. The Bertz CT molecular complexity index is 780. The van der Waals surface area contributed by atoms with Crippen molar-refractivity contribution in [3.8, 4) is 0 Å². The molecule has 0 aliphatic carbocycles. The first-order valence-corrected chi connectivity index (χ1v) is 8.20. The van der Waals surface area contributed by atoms with Crippen molar-refractivity contribution in [2.24, 2.45) is 0 Å². The fourth-order valence-corrected chi connectivity index (χ4v) is 2.98. The number of carbonyl (C=O) groups excluding carboxylic acids is 1. The molecule has 0 radical (unpaired) electrons. The van der Waals surface area contributed by atoms with Crippen LogP contribution in [0.4, 0.5) is 17.6 Å².